The van der Waals surface area contributed by atoms with E-state index in [1.165, 1.54) is 51.0 Å². The van der Waals surface area contributed by atoms with Crippen molar-refractivity contribution >= 4 is 17.7 Å². The Labute approximate surface area is 128 Å². The lowest BCUT2D eigenvalue weighted by Crippen LogP contribution is -2.49. The molecule has 0 bridgehead atoms. The lowest BCUT2D eigenvalue weighted by atomic mass is 9.89. The average molecular weight is 295 g/mol. The van der Waals surface area contributed by atoms with Crippen LogP contribution in [0.5, 0.6) is 0 Å². The van der Waals surface area contributed by atoms with Crippen LogP contribution in [0.4, 0.5) is 0 Å². The third kappa shape index (κ3) is 3.26. The van der Waals surface area contributed by atoms with Crippen molar-refractivity contribution in [3.8, 4) is 0 Å². The van der Waals surface area contributed by atoms with Gasteiger partial charge < -0.3 is 10.2 Å². The predicted molar refractivity (Wildman–Crippen MR) is 88.5 cm³/mol. The van der Waals surface area contributed by atoms with E-state index >= 15 is 0 Å². The Morgan fingerprint density at radius 2 is 2.00 bits per heavy atom. The Hall–Kier alpha value is -0.380. The first-order valence-electron chi connectivity index (χ1n) is 8.34. The number of nitrogens with zero attached hydrogens (tertiary/aromatic N) is 2. The van der Waals surface area contributed by atoms with Crippen LogP contribution in [0, 0.1) is 11.8 Å². The zero-order chi connectivity index (χ0) is 13.9. The molecule has 2 heterocycles. The van der Waals surface area contributed by atoms with Gasteiger partial charge in [0, 0.05) is 18.3 Å². The minimum Gasteiger partial charge on any atom is -0.356 e. The van der Waals surface area contributed by atoms with Crippen LogP contribution in [0.15, 0.2) is 4.99 Å². The number of nitrogens with one attached hydrogen (secondary N) is 1. The van der Waals surface area contributed by atoms with Gasteiger partial charge in [-0.15, -0.1) is 0 Å². The summed E-state index contributed by atoms with van der Waals surface area (Å²) in [6, 6.07) is 0.695. The van der Waals surface area contributed by atoms with Gasteiger partial charge >= 0.3 is 0 Å². The lowest BCUT2D eigenvalue weighted by molar-refractivity contribution is 0.209. The molecule has 0 spiro atoms. The van der Waals surface area contributed by atoms with Crippen molar-refractivity contribution in [2.45, 2.75) is 56.7 Å². The molecular formula is C16H29N3S. The van der Waals surface area contributed by atoms with E-state index in [4.69, 9.17) is 4.99 Å². The summed E-state index contributed by atoms with van der Waals surface area (Å²) in [4.78, 5) is 7.30. The van der Waals surface area contributed by atoms with Gasteiger partial charge in [-0.2, -0.15) is 11.8 Å². The predicted octanol–water partition coefficient (Wildman–Crippen LogP) is 2.97. The molecule has 114 valence electrons. The Bertz CT molecular complexity index is 350. The number of aliphatic imine (C=N–C) groups is 1. The van der Waals surface area contributed by atoms with Crippen molar-refractivity contribution in [3.63, 3.8) is 0 Å². The molecule has 2 aliphatic heterocycles. The molecule has 2 fully saturated rings. The summed E-state index contributed by atoms with van der Waals surface area (Å²) in [6.45, 7) is 5.73. The fourth-order valence-corrected chi connectivity index (χ4v) is 4.65. The molecule has 0 radical (unpaired) electrons. The van der Waals surface area contributed by atoms with E-state index in [0.29, 0.717) is 6.04 Å². The number of hydrogen-bond acceptors (Lipinski definition) is 4. The van der Waals surface area contributed by atoms with Gasteiger partial charge in [-0.25, -0.2) is 0 Å². The zero-order valence-electron chi connectivity index (χ0n) is 13.0. The Balaban J connectivity index is 1.45. The van der Waals surface area contributed by atoms with Gasteiger partial charge in [0.05, 0.1) is 12.6 Å². The van der Waals surface area contributed by atoms with Crippen LogP contribution in [-0.4, -0.2) is 48.0 Å². The topological polar surface area (TPSA) is 27.6 Å². The second-order valence-electron chi connectivity index (χ2n) is 6.91. The van der Waals surface area contributed by atoms with Crippen molar-refractivity contribution in [1.82, 2.24) is 10.2 Å². The van der Waals surface area contributed by atoms with Crippen LogP contribution in [-0.2, 0) is 0 Å². The third-order valence-corrected chi connectivity index (χ3v) is 6.48. The molecule has 3 rings (SSSR count). The van der Waals surface area contributed by atoms with E-state index in [2.05, 4.69) is 35.2 Å². The monoisotopic (exact) mass is 295 g/mol. The molecule has 3 nitrogen and oxygen atoms in total. The summed E-state index contributed by atoms with van der Waals surface area (Å²) < 4.78 is 0. The van der Waals surface area contributed by atoms with Crippen LogP contribution in [0.2, 0.25) is 0 Å². The first-order chi connectivity index (χ1) is 9.76. The molecule has 1 saturated heterocycles. The summed E-state index contributed by atoms with van der Waals surface area (Å²) >= 11 is 2.05. The molecule has 2 unspecified atom stereocenters. The summed E-state index contributed by atoms with van der Waals surface area (Å²) in [7, 11) is 0. The second-order valence-corrected chi connectivity index (χ2v) is 8.05. The van der Waals surface area contributed by atoms with Gasteiger partial charge in [-0.3, -0.25) is 4.99 Å². The Morgan fingerprint density at radius 3 is 2.75 bits per heavy atom. The lowest BCUT2D eigenvalue weighted by Gasteiger charge is -2.36. The van der Waals surface area contributed by atoms with Crippen molar-refractivity contribution in [1.29, 1.82) is 0 Å². The molecule has 3 aliphatic rings. The highest BCUT2D eigenvalue weighted by atomic mass is 32.2. The van der Waals surface area contributed by atoms with Crippen LogP contribution >= 0.6 is 11.8 Å². The van der Waals surface area contributed by atoms with Crippen LogP contribution < -0.4 is 5.32 Å². The molecule has 2 atom stereocenters. The number of hydrogen-bond donors (Lipinski definition) is 1. The first kappa shape index (κ1) is 14.6. The van der Waals surface area contributed by atoms with Gasteiger partial charge in [-0.05, 0) is 56.6 Å². The zero-order valence-corrected chi connectivity index (χ0v) is 13.8. The van der Waals surface area contributed by atoms with Gasteiger partial charge in [-0.1, -0.05) is 6.92 Å². The number of piperidine rings is 1. The van der Waals surface area contributed by atoms with E-state index in [1.54, 1.807) is 0 Å². The van der Waals surface area contributed by atoms with Crippen molar-refractivity contribution < 1.29 is 0 Å². The van der Waals surface area contributed by atoms with Gasteiger partial charge in [0.2, 0.25) is 0 Å². The fourth-order valence-electron chi connectivity index (χ4n) is 3.91. The molecule has 0 amide bonds. The maximum Gasteiger partial charge on any atom is 0.194 e. The summed E-state index contributed by atoms with van der Waals surface area (Å²) in [5.74, 6) is 2.89. The molecule has 1 aliphatic carbocycles. The third-order valence-electron chi connectivity index (χ3n) is 5.34. The van der Waals surface area contributed by atoms with Crippen molar-refractivity contribution in [3.05, 3.63) is 0 Å². The van der Waals surface area contributed by atoms with Crippen molar-refractivity contribution in [2.24, 2.45) is 16.8 Å². The standard InChI is InChI=1S/C16H29N3S/c1-12-3-6-14-10-18-16(19(14)11-12)17-9-13-4-7-15(20-2)8-5-13/h12-15H,3-11H2,1-2H3,(H,17,18). The SMILES string of the molecule is CSC1CCC(CNC2=NCC3CCC(C)CN23)CC1. The number of guanidine groups is 1. The largest absolute Gasteiger partial charge is 0.356 e. The number of rotatable bonds is 3. The Morgan fingerprint density at radius 1 is 1.20 bits per heavy atom. The molecule has 0 aromatic carbocycles. The highest BCUT2D eigenvalue weighted by Gasteiger charge is 2.32. The van der Waals surface area contributed by atoms with Crippen LogP contribution in [0.25, 0.3) is 0 Å². The van der Waals surface area contributed by atoms with Gasteiger partial charge in [0.15, 0.2) is 5.96 Å². The second kappa shape index (κ2) is 6.59. The minimum absolute atomic E-state index is 0.695. The van der Waals surface area contributed by atoms with E-state index in [-0.39, 0.29) is 0 Å². The minimum atomic E-state index is 0.695. The van der Waals surface area contributed by atoms with Crippen LogP contribution in [0.3, 0.4) is 0 Å². The quantitative estimate of drug-likeness (QED) is 0.867. The van der Waals surface area contributed by atoms with Crippen molar-refractivity contribution in [2.75, 3.05) is 25.9 Å². The van der Waals surface area contributed by atoms with Gasteiger partial charge in [0.25, 0.3) is 0 Å². The van der Waals surface area contributed by atoms with E-state index in [1.807, 2.05) is 0 Å². The average Bonchev–Trinajstić information content (AvgIpc) is 2.88. The van der Waals surface area contributed by atoms with E-state index in [9.17, 15) is 0 Å². The maximum atomic E-state index is 4.76. The molecule has 0 aromatic rings. The molecule has 1 N–H and O–H groups in total. The normalized spacial score (nSPS) is 37.5. The molecule has 20 heavy (non-hydrogen) atoms. The fraction of sp³-hybridized carbons (Fsp3) is 0.938. The molecule has 1 saturated carbocycles. The van der Waals surface area contributed by atoms with Gasteiger partial charge in [0.1, 0.15) is 0 Å². The van der Waals surface area contributed by atoms with Crippen LogP contribution in [0.1, 0.15) is 45.4 Å². The van der Waals surface area contributed by atoms with E-state index < -0.39 is 0 Å². The molecule has 0 aromatic heterocycles. The number of thioether (sulfide) groups is 1. The maximum absolute atomic E-state index is 4.76. The first-order valence-corrected chi connectivity index (χ1v) is 9.62. The van der Waals surface area contributed by atoms with E-state index in [0.717, 1.165) is 30.2 Å². The highest BCUT2D eigenvalue weighted by Crippen LogP contribution is 2.30. The number of fused-ring (bicyclic) bond motifs is 1. The molecule has 4 heteroatoms. The molecular weight excluding hydrogens is 266 g/mol. The smallest absolute Gasteiger partial charge is 0.194 e. The highest BCUT2D eigenvalue weighted by molar-refractivity contribution is 7.99. The summed E-state index contributed by atoms with van der Waals surface area (Å²) in [5.41, 5.74) is 0. The Kier molecular flexibility index (Phi) is 4.79. The summed E-state index contributed by atoms with van der Waals surface area (Å²) in [6.07, 6.45) is 10.6. The summed E-state index contributed by atoms with van der Waals surface area (Å²) in [5, 5.41) is 4.59.